The summed E-state index contributed by atoms with van der Waals surface area (Å²) in [4.78, 5) is 12.1. The molecule has 0 bridgehead atoms. The monoisotopic (exact) mass is 600 g/mol. The van der Waals surface area contributed by atoms with E-state index in [-0.39, 0.29) is 11.5 Å². The zero-order valence-electron chi connectivity index (χ0n) is 28.8. The first-order valence-electron chi connectivity index (χ1n) is 17.9. The topological polar surface area (TPSA) is 83.1 Å². The second kappa shape index (κ2) is 30.3. The summed E-state index contributed by atoms with van der Waals surface area (Å²) in [6, 6.07) is 0. The molecule has 0 radical (unpaired) electrons. The van der Waals surface area contributed by atoms with Crippen LogP contribution in [-0.2, 0) is 14.3 Å². The van der Waals surface area contributed by atoms with Crippen molar-refractivity contribution in [3.8, 4) is 0 Å². The van der Waals surface area contributed by atoms with Crippen molar-refractivity contribution in [1.82, 2.24) is 15.9 Å². The van der Waals surface area contributed by atoms with Gasteiger partial charge < -0.3 is 20.0 Å². The molecule has 7 nitrogen and oxygen atoms in total. The predicted molar refractivity (Wildman–Crippen MR) is 178 cm³/mol. The highest BCUT2D eigenvalue weighted by Crippen LogP contribution is 2.14. The average Bonchev–Trinajstić information content (AvgIpc) is 2.97. The molecule has 0 atom stereocenters. The van der Waals surface area contributed by atoms with Gasteiger partial charge in [-0.15, -0.1) is 5.59 Å². The van der Waals surface area contributed by atoms with Crippen LogP contribution in [-0.4, -0.2) is 61.2 Å². The van der Waals surface area contributed by atoms with Crippen LogP contribution in [0.3, 0.4) is 0 Å². The number of nitrogens with zero attached hydrogens (tertiary/aromatic N) is 1. The maximum Gasteiger partial charge on any atom is 0.220 e. The lowest BCUT2D eigenvalue weighted by Gasteiger charge is -2.26. The molecule has 0 fully saturated rings. The van der Waals surface area contributed by atoms with Gasteiger partial charge >= 0.3 is 0 Å². The summed E-state index contributed by atoms with van der Waals surface area (Å²) in [6.07, 6.45) is 26.3. The highest BCUT2D eigenvalue weighted by molar-refractivity contribution is 5.75. The molecule has 0 saturated heterocycles. The Balaban J connectivity index is 3.45. The number of unbranched alkanes of at least 4 members (excludes halogenated alkanes) is 17. The van der Waals surface area contributed by atoms with Gasteiger partial charge in [0.15, 0.2) is 0 Å². The molecule has 0 aromatic heterocycles. The molecule has 252 valence electrons. The quantitative estimate of drug-likeness (QED) is 0.0516. The zero-order valence-corrected chi connectivity index (χ0v) is 28.8. The smallest absolute Gasteiger partial charge is 0.220 e. The van der Waals surface area contributed by atoms with Gasteiger partial charge in [0.25, 0.3) is 0 Å². The fourth-order valence-electron chi connectivity index (χ4n) is 5.03. The molecule has 3 N–H and O–H groups in total. The van der Waals surface area contributed by atoms with Crippen LogP contribution in [0.4, 0.5) is 0 Å². The van der Waals surface area contributed by atoms with Crippen molar-refractivity contribution in [3.05, 3.63) is 0 Å². The minimum atomic E-state index is -0.345. The minimum Gasteiger partial charge on any atom is -0.381 e. The molecule has 0 aromatic rings. The maximum atomic E-state index is 12.1. The fraction of sp³-hybridized carbons (Fsp3) is 0.971. The number of carbonyl (C=O) groups excluding carboxylic acids is 1. The van der Waals surface area contributed by atoms with Crippen LogP contribution < -0.4 is 10.9 Å². The fourth-order valence-corrected chi connectivity index (χ4v) is 5.03. The second-order valence-corrected chi connectivity index (χ2v) is 13.4. The highest BCUT2D eigenvalue weighted by atomic mass is 16.5. The molecule has 0 heterocycles. The summed E-state index contributed by atoms with van der Waals surface area (Å²) in [7, 11) is 0. The number of hydrogen-bond donors (Lipinski definition) is 3. The Labute approximate surface area is 261 Å². The van der Waals surface area contributed by atoms with Gasteiger partial charge in [0, 0.05) is 45.9 Å². The van der Waals surface area contributed by atoms with E-state index in [0.29, 0.717) is 25.5 Å². The number of hydrazine groups is 1. The SMILES string of the molecule is CCCCCCCCCCCCCCCCCCOCCCN(CCCCCC(=O)NCC(C)(C)OCC(C)C)NO. The number of amides is 1. The van der Waals surface area contributed by atoms with Gasteiger partial charge in [0.1, 0.15) is 0 Å². The van der Waals surface area contributed by atoms with Crippen LogP contribution in [0.2, 0.25) is 0 Å². The molecular weight excluding hydrogens is 526 g/mol. The number of hydrogen-bond acceptors (Lipinski definition) is 6. The first-order valence-corrected chi connectivity index (χ1v) is 17.9. The Morgan fingerprint density at radius 2 is 1.19 bits per heavy atom. The Morgan fingerprint density at radius 3 is 1.71 bits per heavy atom. The normalized spacial score (nSPS) is 12.1. The third kappa shape index (κ3) is 30.7. The number of rotatable bonds is 33. The third-order valence-electron chi connectivity index (χ3n) is 7.85. The molecule has 0 saturated carbocycles. The van der Waals surface area contributed by atoms with Crippen LogP contribution in [0.5, 0.6) is 0 Å². The van der Waals surface area contributed by atoms with Crippen LogP contribution in [0, 0.1) is 5.92 Å². The van der Waals surface area contributed by atoms with E-state index in [1.54, 1.807) is 0 Å². The van der Waals surface area contributed by atoms with Gasteiger partial charge in [0.05, 0.1) is 5.60 Å². The lowest BCUT2D eigenvalue weighted by molar-refractivity contribution is -0.123. The summed E-state index contributed by atoms with van der Waals surface area (Å²) in [5.41, 5.74) is 1.96. The summed E-state index contributed by atoms with van der Waals surface area (Å²) in [6.45, 7) is 14.9. The van der Waals surface area contributed by atoms with E-state index in [2.05, 4.69) is 31.7 Å². The van der Waals surface area contributed by atoms with Crippen molar-refractivity contribution >= 4 is 5.91 Å². The van der Waals surface area contributed by atoms with E-state index in [1.807, 2.05) is 18.9 Å². The standard InChI is InChI=1S/C35H73N3O4/c1-6-7-8-9-10-11-12-13-14-15-16-17-18-19-20-24-29-41-30-25-28-38(37-40)27-23-21-22-26-34(39)36-32-35(4,5)42-31-33(2)3/h33,37,40H,6-32H2,1-5H3,(H,36,39). The van der Waals surface area contributed by atoms with Gasteiger partial charge in [-0.25, -0.2) is 5.01 Å². The summed E-state index contributed by atoms with van der Waals surface area (Å²) in [5.74, 6) is 0.559. The summed E-state index contributed by atoms with van der Waals surface area (Å²) in [5, 5.41) is 14.2. The largest absolute Gasteiger partial charge is 0.381 e. The number of nitrogens with one attached hydrogen (secondary N) is 2. The summed E-state index contributed by atoms with van der Waals surface area (Å²) >= 11 is 0. The van der Waals surface area contributed by atoms with E-state index in [9.17, 15) is 10.0 Å². The van der Waals surface area contributed by atoms with E-state index in [1.165, 1.54) is 96.3 Å². The van der Waals surface area contributed by atoms with Gasteiger partial charge in [0.2, 0.25) is 5.91 Å². The van der Waals surface area contributed by atoms with E-state index >= 15 is 0 Å². The van der Waals surface area contributed by atoms with Gasteiger partial charge in [-0.05, 0) is 45.4 Å². The van der Waals surface area contributed by atoms with Crippen molar-refractivity contribution < 1.29 is 19.5 Å². The molecule has 0 rings (SSSR count). The minimum absolute atomic E-state index is 0.0786. The van der Waals surface area contributed by atoms with Crippen LogP contribution in [0.25, 0.3) is 0 Å². The van der Waals surface area contributed by atoms with Crippen molar-refractivity contribution in [2.24, 2.45) is 5.92 Å². The van der Waals surface area contributed by atoms with Crippen LogP contribution in [0.15, 0.2) is 0 Å². The van der Waals surface area contributed by atoms with Crippen molar-refractivity contribution in [3.63, 3.8) is 0 Å². The number of ether oxygens (including phenoxy) is 2. The van der Waals surface area contributed by atoms with Crippen LogP contribution >= 0.6 is 0 Å². The van der Waals surface area contributed by atoms with E-state index < -0.39 is 0 Å². The van der Waals surface area contributed by atoms with Crippen LogP contribution in [0.1, 0.15) is 169 Å². The first kappa shape index (κ1) is 41.3. The second-order valence-electron chi connectivity index (χ2n) is 13.4. The van der Waals surface area contributed by atoms with Gasteiger partial charge in [-0.3, -0.25) is 4.79 Å². The van der Waals surface area contributed by atoms with Crippen molar-refractivity contribution in [2.75, 3.05) is 39.5 Å². The number of carbonyl (C=O) groups is 1. The lowest BCUT2D eigenvalue weighted by atomic mass is 10.0. The van der Waals surface area contributed by atoms with Crippen molar-refractivity contribution in [1.29, 1.82) is 0 Å². The van der Waals surface area contributed by atoms with E-state index in [0.717, 1.165) is 58.4 Å². The maximum absolute atomic E-state index is 12.1. The first-order chi connectivity index (χ1) is 20.3. The van der Waals surface area contributed by atoms with E-state index in [4.69, 9.17) is 9.47 Å². The Morgan fingerprint density at radius 1 is 0.714 bits per heavy atom. The molecule has 0 unspecified atom stereocenters. The molecular formula is C35H73N3O4. The third-order valence-corrected chi connectivity index (χ3v) is 7.85. The Hall–Kier alpha value is -0.730. The Kier molecular flexibility index (Phi) is 29.8. The molecule has 0 aromatic carbocycles. The molecule has 0 spiro atoms. The molecule has 1 amide bonds. The molecule has 0 aliphatic heterocycles. The Bertz CT molecular complexity index is 574. The van der Waals surface area contributed by atoms with Gasteiger partial charge in [-0.2, -0.15) is 0 Å². The molecule has 42 heavy (non-hydrogen) atoms. The van der Waals surface area contributed by atoms with Gasteiger partial charge in [-0.1, -0.05) is 124 Å². The van der Waals surface area contributed by atoms with Crippen molar-refractivity contribution in [2.45, 2.75) is 175 Å². The molecule has 0 aliphatic rings. The summed E-state index contributed by atoms with van der Waals surface area (Å²) < 4.78 is 11.7. The predicted octanol–water partition coefficient (Wildman–Crippen LogP) is 8.98. The zero-order chi connectivity index (χ0) is 31.2. The molecule has 0 aliphatic carbocycles. The lowest BCUT2D eigenvalue weighted by Crippen LogP contribution is -2.41. The highest BCUT2D eigenvalue weighted by Gasteiger charge is 2.19. The average molecular weight is 600 g/mol. The molecule has 7 heteroatoms.